The molecule has 1 aliphatic heterocycles. The van der Waals surface area contributed by atoms with E-state index in [1.54, 1.807) is 12.1 Å². The molecule has 0 bridgehead atoms. The van der Waals surface area contributed by atoms with Crippen LogP contribution < -0.4 is 0 Å². The van der Waals surface area contributed by atoms with Gasteiger partial charge in [0, 0.05) is 5.56 Å². The lowest BCUT2D eigenvalue weighted by molar-refractivity contribution is -0.169. The van der Waals surface area contributed by atoms with Gasteiger partial charge in [-0.1, -0.05) is 24.3 Å². The average molecular weight is 178 g/mol. The number of rotatable bonds is 0. The fourth-order valence-corrected chi connectivity index (χ4v) is 1.51. The minimum absolute atomic E-state index is 0.255. The Bertz CT molecular complexity index is 355. The number of aliphatic hydroxyl groups is 1. The maximum absolute atomic E-state index is 11.2. The summed E-state index contributed by atoms with van der Waals surface area (Å²) in [5.41, 5.74) is 0.0211. The Morgan fingerprint density at radius 2 is 2.15 bits per heavy atom. The van der Waals surface area contributed by atoms with Crippen LogP contribution in [0.2, 0.25) is 0 Å². The van der Waals surface area contributed by atoms with Crippen LogP contribution in [0.25, 0.3) is 0 Å². The van der Waals surface area contributed by atoms with Crippen LogP contribution >= 0.6 is 0 Å². The first-order chi connectivity index (χ1) is 6.12. The van der Waals surface area contributed by atoms with Crippen molar-refractivity contribution in [1.29, 1.82) is 0 Å². The highest BCUT2D eigenvalue weighted by atomic mass is 16.6. The number of esters is 1. The van der Waals surface area contributed by atoms with E-state index in [-0.39, 0.29) is 6.61 Å². The number of hydrogen-bond donors (Lipinski definition) is 1. The largest absolute Gasteiger partial charge is 0.458 e. The molecule has 0 saturated carbocycles. The number of carbonyl (C=O) groups is 1. The highest BCUT2D eigenvalue weighted by Crippen LogP contribution is 2.30. The fourth-order valence-electron chi connectivity index (χ4n) is 1.51. The van der Waals surface area contributed by atoms with Gasteiger partial charge in [0.25, 0.3) is 0 Å². The first-order valence-electron chi connectivity index (χ1n) is 4.10. The first kappa shape index (κ1) is 8.26. The van der Waals surface area contributed by atoms with Crippen molar-refractivity contribution >= 4 is 5.97 Å². The fraction of sp³-hybridized carbons (Fsp3) is 0.300. The van der Waals surface area contributed by atoms with Gasteiger partial charge in [-0.2, -0.15) is 0 Å². The van der Waals surface area contributed by atoms with Crippen molar-refractivity contribution in [2.75, 3.05) is 0 Å². The van der Waals surface area contributed by atoms with Gasteiger partial charge >= 0.3 is 5.97 Å². The molecule has 68 valence electrons. The normalized spacial score (nSPS) is 26.5. The zero-order chi connectivity index (χ0) is 9.47. The van der Waals surface area contributed by atoms with E-state index in [1.165, 1.54) is 6.92 Å². The van der Waals surface area contributed by atoms with E-state index in [9.17, 15) is 9.90 Å². The van der Waals surface area contributed by atoms with Gasteiger partial charge in [0.15, 0.2) is 5.60 Å². The van der Waals surface area contributed by atoms with E-state index in [1.807, 2.05) is 12.1 Å². The summed E-state index contributed by atoms with van der Waals surface area (Å²) in [6.45, 7) is 1.71. The Kier molecular flexibility index (Phi) is 1.63. The van der Waals surface area contributed by atoms with Crippen LogP contribution in [-0.4, -0.2) is 11.1 Å². The summed E-state index contributed by atoms with van der Waals surface area (Å²) in [6.07, 6.45) is 0. The van der Waals surface area contributed by atoms with Gasteiger partial charge in [0.2, 0.25) is 0 Å². The molecule has 13 heavy (non-hydrogen) atoms. The van der Waals surface area contributed by atoms with E-state index < -0.39 is 11.6 Å². The average Bonchev–Trinajstić information content (AvgIpc) is 2.13. The molecule has 1 N–H and O–H groups in total. The van der Waals surface area contributed by atoms with Crippen LogP contribution in [-0.2, 0) is 21.7 Å². The standard InChI is InChI=1S/C10H10O3/c1-10(12)8-5-3-2-4-7(8)6-13-9(10)11/h2-5,12H,6H2,1H3/t10-/m0/s1. The Hall–Kier alpha value is -1.35. The van der Waals surface area contributed by atoms with Gasteiger partial charge in [-0.3, -0.25) is 0 Å². The lowest BCUT2D eigenvalue weighted by Crippen LogP contribution is -2.38. The molecule has 0 aromatic heterocycles. The van der Waals surface area contributed by atoms with E-state index in [0.29, 0.717) is 5.56 Å². The number of cyclic esters (lactones) is 1. The summed E-state index contributed by atoms with van der Waals surface area (Å²) >= 11 is 0. The van der Waals surface area contributed by atoms with Crippen LogP contribution in [0.15, 0.2) is 24.3 Å². The van der Waals surface area contributed by atoms with E-state index >= 15 is 0 Å². The van der Waals surface area contributed by atoms with Crippen LogP contribution in [0, 0.1) is 0 Å². The molecule has 2 rings (SSSR count). The molecule has 1 aromatic carbocycles. The molecule has 0 saturated heterocycles. The Morgan fingerprint density at radius 3 is 2.92 bits per heavy atom. The third kappa shape index (κ3) is 1.12. The van der Waals surface area contributed by atoms with Crippen molar-refractivity contribution in [3.05, 3.63) is 35.4 Å². The molecule has 1 aliphatic rings. The van der Waals surface area contributed by atoms with Gasteiger partial charge in [0.1, 0.15) is 6.61 Å². The van der Waals surface area contributed by atoms with Gasteiger partial charge < -0.3 is 9.84 Å². The maximum Gasteiger partial charge on any atom is 0.342 e. The molecule has 3 heteroatoms. The Labute approximate surface area is 76.0 Å². The van der Waals surface area contributed by atoms with E-state index in [0.717, 1.165) is 5.56 Å². The highest BCUT2D eigenvalue weighted by Gasteiger charge is 2.39. The molecular formula is C10H10O3. The number of ether oxygens (including phenoxy) is 1. The van der Waals surface area contributed by atoms with Gasteiger partial charge in [-0.05, 0) is 12.5 Å². The Balaban J connectivity index is 2.59. The summed E-state index contributed by atoms with van der Waals surface area (Å²) in [5, 5.41) is 9.82. The van der Waals surface area contributed by atoms with E-state index in [2.05, 4.69) is 0 Å². The lowest BCUT2D eigenvalue weighted by atomic mass is 9.90. The smallest absolute Gasteiger partial charge is 0.342 e. The number of hydrogen-bond acceptors (Lipinski definition) is 3. The predicted octanol–water partition coefficient (Wildman–Crippen LogP) is 0.951. The van der Waals surface area contributed by atoms with Crippen LogP contribution in [0.3, 0.4) is 0 Å². The molecule has 3 nitrogen and oxygen atoms in total. The summed E-state index contributed by atoms with van der Waals surface area (Å²) < 4.78 is 4.83. The van der Waals surface area contributed by atoms with Crippen molar-refractivity contribution in [1.82, 2.24) is 0 Å². The second kappa shape index (κ2) is 2.57. The van der Waals surface area contributed by atoms with Crippen molar-refractivity contribution in [3.8, 4) is 0 Å². The zero-order valence-corrected chi connectivity index (χ0v) is 7.28. The third-order valence-electron chi connectivity index (χ3n) is 2.30. The minimum atomic E-state index is -1.49. The summed E-state index contributed by atoms with van der Waals surface area (Å²) in [5.74, 6) is -0.578. The van der Waals surface area contributed by atoms with Gasteiger partial charge in [0.05, 0.1) is 0 Å². The molecule has 0 radical (unpaired) electrons. The third-order valence-corrected chi connectivity index (χ3v) is 2.30. The van der Waals surface area contributed by atoms with Crippen LogP contribution in [0.1, 0.15) is 18.1 Å². The zero-order valence-electron chi connectivity index (χ0n) is 7.28. The molecule has 1 heterocycles. The van der Waals surface area contributed by atoms with Crippen molar-refractivity contribution < 1.29 is 14.6 Å². The molecule has 0 aliphatic carbocycles. The second-order valence-electron chi connectivity index (χ2n) is 3.31. The quantitative estimate of drug-likeness (QED) is 0.602. The monoisotopic (exact) mass is 178 g/mol. The molecular weight excluding hydrogens is 168 g/mol. The Morgan fingerprint density at radius 1 is 1.46 bits per heavy atom. The van der Waals surface area contributed by atoms with E-state index in [4.69, 9.17) is 4.74 Å². The molecule has 0 fully saturated rings. The molecule has 1 aromatic rings. The predicted molar refractivity (Wildman–Crippen MR) is 45.8 cm³/mol. The van der Waals surface area contributed by atoms with Crippen molar-refractivity contribution in [3.63, 3.8) is 0 Å². The van der Waals surface area contributed by atoms with Gasteiger partial charge in [-0.25, -0.2) is 4.79 Å². The van der Waals surface area contributed by atoms with Crippen molar-refractivity contribution in [2.45, 2.75) is 19.1 Å². The minimum Gasteiger partial charge on any atom is -0.458 e. The summed E-state index contributed by atoms with van der Waals surface area (Å²) in [6, 6.07) is 7.24. The van der Waals surface area contributed by atoms with Crippen molar-refractivity contribution in [2.24, 2.45) is 0 Å². The molecule has 0 unspecified atom stereocenters. The van der Waals surface area contributed by atoms with Crippen LogP contribution in [0.5, 0.6) is 0 Å². The van der Waals surface area contributed by atoms with Gasteiger partial charge in [-0.15, -0.1) is 0 Å². The topological polar surface area (TPSA) is 46.5 Å². The highest BCUT2D eigenvalue weighted by molar-refractivity contribution is 5.82. The van der Waals surface area contributed by atoms with Crippen LogP contribution in [0.4, 0.5) is 0 Å². The SMILES string of the molecule is C[C@@]1(O)C(=O)OCc2ccccc21. The number of carbonyl (C=O) groups excluding carboxylic acids is 1. The number of fused-ring (bicyclic) bond motifs is 1. The first-order valence-corrected chi connectivity index (χ1v) is 4.10. The lowest BCUT2D eigenvalue weighted by Gasteiger charge is -2.28. The number of benzene rings is 1. The molecule has 1 atom stereocenters. The maximum atomic E-state index is 11.2. The second-order valence-corrected chi connectivity index (χ2v) is 3.31. The summed E-state index contributed by atoms with van der Waals surface area (Å²) in [7, 11) is 0. The summed E-state index contributed by atoms with van der Waals surface area (Å²) in [4.78, 5) is 11.2. The molecule has 0 amide bonds. The molecule has 0 spiro atoms.